The molecule has 1 aliphatic rings. The van der Waals surface area contributed by atoms with Crippen LogP contribution in [0.25, 0.3) is 0 Å². The highest BCUT2D eigenvalue weighted by Gasteiger charge is 2.36. The molecule has 0 aliphatic heterocycles. The van der Waals surface area contributed by atoms with E-state index in [1.54, 1.807) is 7.05 Å². The molecule has 0 radical (unpaired) electrons. The van der Waals surface area contributed by atoms with E-state index in [2.05, 4.69) is 15.9 Å². The summed E-state index contributed by atoms with van der Waals surface area (Å²) in [7, 11) is -1.72. The van der Waals surface area contributed by atoms with E-state index in [0.717, 1.165) is 24.2 Å². The van der Waals surface area contributed by atoms with Gasteiger partial charge in [0.25, 0.3) is 10.0 Å². The predicted molar refractivity (Wildman–Crippen MR) is 65.0 cm³/mol. The average Bonchev–Trinajstić information content (AvgIpc) is 2.93. The van der Waals surface area contributed by atoms with E-state index in [-0.39, 0.29) is 6.04 Å². The van der Waals surface area contributed by atoms with E-state index >= 15 is 0 Å². The third-order valence-corrected chi connectivity index (χ3v) is 7.15. The van der Waals surface area contributed by atoms with Crippen molar-refractivity contribution in [3.05, 3.63) is 14.9 Å². The maximum absolute atomic E-state index is 12.0. The molecule has 0 spiro atoms. The lowest BCUT2D eigenvalue weighted by molar-refractivity contribution is 0.466. The van der Waals surface area contributed by atoms with Crippen LogP contribution in [0.2, 0.25) is 5.02 Å². The second kappa shape index (κ2) is 4.00. The quantitative estimate of drug-likeness (QED) is 0.854. The molecular weight excluding hydrogens is 322 g/mol. The van der Waals surface area contributed by atoms with Gasteiger partial charge in [0.1, 0.15) is 4.21 Å². The van der Waals surface area contributed by atoms with Crippen molar-refractivity contribution in [2.24, 2.45) is 0 Å². The van der Waals surface area contributed by atoms with Crippen molar-refractivity contribution in [1.82, 2.24) is 4.31 Å². The topological polar surface area (TPSA) is 37.4 Å². The minimum Gasteiger partial charge on any atom is -0.206 e. The second-order valence-corrected chi connectivity index (χ2v) is 8.44. The summed E-state index contributed by atoms with van der Waals surface area (Å²) in [6.07, 6.45) is 1.91. The summed E-state index contributed by atoms with van der Waals surface area (Å²) in [5.74, 6) is 0. The van der Waals surface area contributed by atoms with Gasteiger partial charge in [-0.25, -0.2) is 8.42 Å². The van der Waals surface area contributed by atoms with Crippen molar-refractivity contribution in [3.63, 3.8) is 0 Å². The van der Waals surface area contributed by atoms with Crippen LogP contribution >= 0.6 is 38.9 Å². The Hall–Kier alpha value is 0.380. The first-order valence-corrected chi connectivity index (χ1v) is 7.78. The van der Waals surface area contributed by atoms with Crippen molar-refractivity contribution in [2.75, 3.05) is 7.05 Å². The maximum atomic E-state index is 12.0. The molecule has 84 valence electrons. The molecule has 0 bridgehead atoms. The number of halogens is 2. The number of hydrogen-bond acceptors (Lipinski definition) is 3. The molecule has 0 saturated heterocycles. The Morgan fingerprint density at radius 1 is 1.60 bits per heavy atom. The molecule has 0 amide bonds. The summed E-state index contributed by atoms with van der Waals surface area (Å²) >= 11 is 10.2. The van der Waals surface area contributed by atoms with Gasteiger partial charge in [-0.3, -0.25) is 0 Å². The molecule has 0 N–H and O–H groups in total. The fourth-order valence-corrected chi connectivity index (χ4v) is 5.23. The number of thiophene rings is 1. The maximum Gasteiger partial charge on any atom is 0.252 e. The Kier molecular flexibility index (Phi) is 3.16. The fraction of sp³-hybridized carbons (Fsp3) is 0.500. The van der Waals surface area contributed by atoms with Crippen LogP contribution in [0.3, 0.4) is 0 Å². The van der Waals surface area contributed by atoms with E-state index in [0.29, 0.717) is 13.0 Å². The van der Waals surface area contributed by atoms with Crippen molar-refractivity contribution in [2.45, 2.75) is 23.1 Å². The normalized spacial score (nSPS) is 17.3. The van der Waals surface area contributed by atoms with E-state index in [4.69, 9.17) is 11.6 Å². The van der Waals surface area contributed by atoms with Gasteiger partial charge in [0, 0.05) is 13.1 Å². The summed E-state index contributed by atoms with van der Waals surface area (Å²) in [4.78, 5) is 0. The zero-order chi connectivity index (χ0) is 11.2. The molecule has 1 aromatic heterocycles. The zero-order valence-electron chi connectivity index (χ0n) is 7.91. The van der Waals surface area contributed by atoms with Crippen LogP contribution in [-0.2, 0) is 10.0 Å². The van der Waals surface area contributed by atoms with E-state index in [1.807, 2.05) is 0 Å². The van der Waals surface area contributed by atoms with Crippen LogP contribution in [0.15, 0.2) is 14.1 Å². The average molecular weight is 331 g/mol. The van der Waals surface area contributed by atoms with Gasteiger partial charge in [0.15, 0.2) is 0 Å². The van der Waals surface area contributed by atoms with Crippen LogP contribution in [0, 0.1) is 0 Å². The van der Waals surface area contributed by atoms with Crippen LogP contribution < -0.4 is 0 Å². The summed E-state index contributed by atoms with van der Waals surface area (Å²) in [6, 6.07) is 1.67. The molecule has 0 unspecified atom stereocenters. The van der Waals surface area contributed by atoms with Gasteiger partial charge in [-0.05, 0) is 34.8 Å². The van der Waals surface area contributed by atoms with Gasteiger partial charge >= 0.3 is 0 Å². The van der Waals surface area contributed by atoms with E-state index in [9.17, 15) is 8.42 Å². The molecule has 1 fully saturated rings. The lowest BCUT2D eigenvalue weighted by atomic mass is 10.7. The lowest BCUT2D eigenvalue weighted by Crippen LogP contribution is -2.28. The first-order chi connectivity index (χ1) is 6.93. The summed E-state index contributed by atoms with van der Waals surface area (Å²) in [6.45, 7) is 0. The fourth-order valence-electron chi connectivity index (χ4n) is 1.23. The monoisotopic (exact) mass is 329 g/mol. The van der Waals surface area contributed by atoms with E-state index < -0.39 is 10.0 Å². The number of rotatable bonds is 3. The zero-order valence-corrected chi connectivity index (χ0v) is 11.9. The van der Waals surface area contributed by atoms with Crippen LogP contribution in [0.5, 0.6) is 0 Å². The SMILES string of the molecule is CN(C1CC1)S(=O)(=O)c1cc(Cl)c(Br)s1. The lowest BCUT2D eigenvalue weighted by Gasteiger charge is -2.14. The summed E-state index contributed by atoms with van der Waals surface area (Å²) in [5, 5.41) is 0.447. The summed E-state index contributed by atoms with van der Waals surface area (Å²) < 4.78 is 26.5. The molecule has 1 aromatic rings. The highest BCUT2D eigenvalue weighted by atomic mass is 79.9. The van der Waals surface area contributed by atoms with Crippen molar-refractivity contribution >= 4 is 48.9 Å². The summed E-state index contributed by atoms with van der Waals surface area (Å²) in [5.41, 5.74) is 0. The first kappa shape index (κ1) is 11.9. The Morgan fingerprint density at radius 2 is 2.20 bits per heavy atom. The Morgan fingerprint density at radius 3 is 2.60 bits per heavy atom. The molecule has 1 aliphatic carbocycles. The highest BCUT2D eigenvalue weighted by molar-refractivity contribution is 9.11. The largest absolute Gasteiger partial charge is 0.252 e. The van der Waals surface area contributed by atoms with Gasteiger partial charge in [0.05, 0.1) is 8.81 Å². The molecule has 7 heteroatoms. The molecule has 0 aromatic carbocycles. The van der Waals surface area contributed by atoms with Crippen LogP contribution in [0.4, 0.5) is 0 Å². The minimum absolute atomic E-state index is 0.176. The van der Waals surface area contributed by atoms with Crippen LogP contribution in [-0.4, -0.2) is 25.8 Å². The molecule has 1 saturated carbocycles. The first-order valence-electron chi connectivity index (χ1n) is 4.36. The van der Waals surface area contributed by atoms with Gasteiger partial charge < -0.3 is 0 Å². The number of hydrogen-bond donors (Lipinski definition) is 0. The Labute approximate surface area is 106 Å². The van der Waals surface area contributed by atoms with Crippen molar-refractivity contribution in [3.8, 4) is 0 Å². The molecule has 3 nitrogen and oxygen atoms in total. The van der Waals surface area contributed by atoms with Crippen molar-refractivity contribution in [1.29, 1.82) is 0 Å². The van der Waals surface area contributed by atoms with Crippen LogP contribution in [0.1, 0.15) is 12.8 Å². The molecule has 0 atom stereocenters. The third kappa shape index (κ3) is 2.24. The highest BCUT2D eigenvalue weighted by Crippen LogP contribution is 2.38. The molecule has 1 heterocycles. The second-order valence-electron chi connectivity index (χ2n) is 3.44. The number of sulfonamides is 1. The molecular formula is C8H9BrClNO2S2. The van der Waals surface area contributed by atoms with Gasteiger partial charge in [-0.2, -0.15) is 4.31 Å². The Bertz CT molecular complexity index is 461. The minimum atomic E-state index is -3.34. The van der Waals surface area contributed by atoms with Gasteiger partial charge in [-0.15, -0.1) is 11.3 Å². The third-order valence-electron chi connectivity index (χ3n) is 2.32. The number of nitrogens with zero attached hydrogens (tertiary/aromatic N) is 1. The molecule has 15 heavy (non-hydrogen) atoms. The smallest absolute Gasteiger partial charge is 0.206 e. The van der Waals surface area contributed by atoms with Crippen molar-refractivity contribution < 1.29 is 8.42 Å². The van der Waals surface area contributed by atoms with Gasteiger partial charge in [-0.1, -0.05) is 11.6 Å². The van der Waals surface area contributed by atoms with E-state index in [1.165, 1.54) is 10.4 Å². The molecule has 2 rings (SSSR count). The Balaban J connectivity index is 2.36. The van der Waals surface area contributed by atoms with Gasteiger partial charge in [0.2, 0.25) is 0 Å². The standard InChI is InChI=1S/C8H9BrClNO2S2/c1-11(5-2-3-5)15(12,13)7-4-6(10)8(9)14-7/h4-5H,2-3H2,1H3. The predicted octanol–water partition coefficient (Wildman–Crippen LogP) is 2.95.